The van der Waals surface area contributed by atoms with Gasteiger partial charge >= 0.3 is 0 Å². The Morgan fingerprint density at radius 3 is 2.86 bits per heavy atom. The van der Waals surface area contributed by atoms with E-state index in [2.05, 4.69) is 15.9 Å². The molecule has 3 nitrogen and oxygen atoms in total. The van der Waals surface area contributed by atoms with Crippen LogP contribution in [0.25, 0.3) is 0 Å². The van der Waals surface area contributed by atoms with E-state index < -0.39 is 0 Å². The molecule has 76 valence electrons. The molecule has 0 atom stereocenters. The van der Waals surface area contributed by atoms with Crippen LogP contribution in [0.2, 0.25) is 0 Å². The summed E-state index contributed by atoms with van der Waals surface area (Å²) in [6.07, 6.45) is 5.86. The van der Waals surface area contributed by atoms with Crippen molar-refractivity contribution in [2.45, 2.75) is 25.7 Å². The van der Waals surface area contributed by atoms with Gasteiger partial charge in [0.2, 0.25) is 11.9 Å². The van der Waals surface area contributed by atoms with Crippen molar-refractivity contribution in [3.8, 4) is 5.75 Å². The van der Waals surface area contributed by atoms with Gasteiger partial charge in [0, 0.05) is 11.2 Å². The van der Waals surface area contributed by atoms with Crippen LogP contribution in [0.5, 0.6) is 5.75 Å². The number of pyridine rings is 1. The molecule has 0 saturated carbocycles. The Bertz CT molecular complexity index is 345. The van der Waals surface area contributed by atoms with Crippen LogP contribution in [0.4, 0.5) is 0 Å². The van der Waals surface area contributed by atoms with E-state index in [1.807, 2.05) is 0 Å². The van der Waals surface area contributed by atoms with Gasteiger partial charge in [-0.3, -0.25) is 5.21 Å². The molecule has 0 unspecified atom stereocenters. The van der Waals surface area contributed by atoms with Gasteiger partial charge in [0.25, 0.3) is 0 Å². The first-order valence-corrected chi connectivity index (χ1v) is 5.52. The normalized spacial score (nSPS) is 15.0. The summed E-state index contributed by atoms with van der Waals surface area (Å²) in [5.41, 5.74) is 2.12. The maximum Gasteiger partial charge on any atom is 0.241 e. The monoisotopic (exact) mass is 258 g/mol. The van der Waals surface area contributed by atoms with Gasteiger partial charge in [0.15, 0.2) is 0 Å². The Morgan fingerprint density at radius 1 is 1.43 bits per heavy atom. The number of rotatable bonds is 1. The van der Waals surface area contributed by atoms with Gasteiger partial charge in [-0.2, -0.15) is 0 Å². The number of nitrogens with zero attached hydrogens (tertiary/aromatic N) is 1. The van der Waals surface area contributed by atoms with Crippen LogP contribution >= 0.6 is 15.9 Å². The standard InChI is InChI=1S/C10H13BrNO2/c1-14-10-7-4-2-3-5-9(7)12(13)6-8(10)11/h6,13H,2-5H2,1H3/q+1. The molecule has 0 amide bonds. The van der Waals surface area contributed by atoms with Gasteiger partial charge in [-0.05, 0) is 35.2 Å². The summed E-state index contributed by atoms with van der Waals surface area (Å²) >= 11 is 3.38. The smallest absolute Gasteiger partial charge is 0.241 e. The summed E-state index contributed by atoms with van der Waals surface area (Å²) in [5.74, 6) is 0.866. The first-order valence-electron chi connectivity index (χ1n) is 4.73. The fourth-order valence-corrected chi connectivity index (χ4v) is 2.59. The van der Waals surface area contributed by atoms with E-state index in [0.717, 1.165) is 40.7 Å². The summed E-state index contributed by atoms with van der Waals surface area (Å²) in [5, 5.41) is 9.69. The second kappa shape index (κ2) is 3.77. The average molecular weight is 259 g/mol. The Balaban J connectivity index is 2.61. The van der Waals surface area contributed by atoms with Crippen molar-refractivity contribution < 1.29 is 14.7 Å². The van der Waals surface area contributed by atoms with Gasteiger partial charge in [-0.15, -0.1) is 0 Å². The van der Waals surface area contributed by atoms with Crippen molar-refractivity contribution in [2.24, 2.45) is 0 Å². The highest BCUT2D eigenvalue weighted by atomic mass is 79.9. The molecule has 0 saturated heterocycles. The maximum atomic E-state index is 9.69. The average Bonchev–Trinajstić information content (AvgIpc) is 2.18. The molecule has 1 aromatic heterocycles. The zero-order chi connectivity index (χ0) is 10.1. The van der Waals surface area contributed by atoms with Crippen LogP contribution in [-0.2, 0) is 12.8 Å². The van der Waals surface area contributed by atoms with Gasteiger partial charge < -0.3 is 4.74 Å². The molecule has 1 N–H and O–H groups in total. The highest BCUT2D eigenvalue weighted by Gasteiger charge is 2.26. The second-order valence-corrected chi connectivity index (χ2v) is 4.34. The molecular formula is C10H13BrNO2+. The van der Waals surface area contributed by atoms with E-state index >= 15 is 0 Å². The van der Waals surface area contributed by atoms with Crippen molar-refractivity contribution in [1.82, 2.24) is 0 Å². The number of hydrogen-bond donors (Lipinski definition) is 1. The number of ether oxygens (including phenoxy) is 1. The number of aromatic nitrogens is 1. The van der Waals surface area contributed by atoms with Gasteiger partial charge in [0.1, 0.15) is 10.2 Å². The molecule has 0 bridgehead atoms. The van der Waals surface area contributed by atoms with Crippen molar-refractivity contribution in [2.75, 3.05) is 7.11 Å². The van der Waals surface area contributed by atoms with Crippen molar-refractivity contribution in [3.63, 3.8) is 0 Å². The van der Waals surface area contributed by atoms with Crippen LogP contribution in [-0.4, -0.2) is 12.3 Å². The Labute approximate surface area is 91.4 Å². The lowest BCUT2D eigenvalue weighted by molar-refractivity contribution is -0.910. The number of fused-ring (bicyclic) bond motifs is 1. The lowest BCUT2D eigenvalue weighted by Gasteiger charge is -2.15. The minimum absolute atomic E-state index is 0.808. The zero-order valence-corrected chi connectivity index (χ0v) is 9.67. The number of halogens is 1. The third kappa shape index (κ3) is 1.47. The highest BCUT2D eigenvalue weighted by molar-refractivity contribution is 9.10. The van der Waals surface area contributed by atoms with Crippen molar-refractivity contribution >= 4 is 15.9 Å². The lowest BCUT2D eigenvalue weighted by Crippen LogP contribution is -2.37. The van der Waals surface area contributed by atoms with Crippen molar-refractivity contribution in [1.29, 1.82) is 0 Å². The molecule has 1 aromatic rings. The lowest BCUT2D eigenvalue weighted by atomic mass is 9.95. The molecule has 0 aliphatic heterocycles. The SMILES string of the molecule is COc1c(Br)c[n+](O)c2c1CCCC2. The summed E-state index contributed by atoms with van der Waals surface area (Å²) in [6.45, 7) is 0. The molecule has 0 aromatic carbocycles. The molecule has 4 heteroatoms. The van der Waals surface area contributed by atoms with Crippen LogP contribution in [0.3, 0.4) is 0 Å². The van der Waals surface area contributed by atoms with Crippen LogP contribution in [0.1, 0.15) is 24.1 Å². The van der Waals surface area contributed by atoms with E-state index in [1.54, 1.807) is 13.3 Å². The highest BCUT2D eigenvalue weighted by Crippen LogP contribution is 2.33. The minimum Gasteiger partial charge on any atom is -0.495 e. The predicted octanol–water partition coefficient (Wildman–Crippen LogP) is 1.86. The first kappa shape index (κ1) is 9.77. The molecule has 1 aliphatic rings. The van der Waals surface area contributed by atoms with Crippen LogP contribution < -0.4 is 9.47 Å². The van der Waals surface area contributed by atoms with E-state index in [-0.39, 0.29) is 0 Å². The van der Waals surface area contributed by atoms with E-state index in [4.69, 9.17) is 4.74 Å². The van der Waals surface area contributed by atoms with E-state index in [0.29, 0.717) is 0 Å². The maximum absolute atomic E-state index is 9.69. The van der Waals surface area contributed by atoms with Crippen LogP contribution in [0.15, 0.2) is 10.7 Å². The van der Waals surface area contributed by atoms with Gasteiger partial charge in [-0.1, -0.05) is 0 Å². The molecule has 2 rings (SSSR count). The second-order valence-electron chi connectivity index (χ2n) is 3.49. The molecule has 0 spiro atoms. The predicted molar refractivity (Wildman–Crippen MR) is 54.7 cm³/mol. The Kier molecular flexibility index (Phi) is 2.63. The van der Waals surface area contributed by atoms with Gasteiger partial charge in [-0.25, -0.2) is 0 Å². The van der Waals surface area contributed by atoms with Crippen molar-refractivity contribution in [3.05, 3.63) is 21.9 Å². The fourth-order valence-electron chi connectivity index (χ4n) is 2.00. The molecular weight excluding hydrogens is 246 g/mol. The summed E-state index contributed by atoms with van der Waals surface area (Å²) in [4.78, 5) is 0. The quantitative estimate of drug-likeness (QED) is 0.617. The molecule has 1 heterocycles. The topological polar surface area (TPSA) is 33.3 Å². The third-order valence-electron chi connectivity index (χ3n) is 2.65. The largest absolute Gasteiger partial charge is 0.495 e. The van der Waals surface area contributed by atoms with E-state index in [1.165, 1.54) is 11.2 Å². The molecule has 0 radical (unpaired) electrons. The molecule has 14 heavy (non-hydrogen) atoms. The first-order chi connectivity index (χ1) is 6.74. The summed E-state index contributed by atoms with van der Waals surface area (Å²) < 4.78 is 7.34. The Morgan fingerprint density at radius 2 is 2.14 bits per heavy atom. The zero-order valence-electron chi connectivity index (χ0n) is 8.09. The third-order valence-corrected chi connectivity index (χ3v) is 3.21. The molecule has 0 fully saturated rings. The molecule has 1 aliphatic carbocycles. The minimum atomic E-state index is 0.808. The summed E-state index contributed by atoms with van der Waals surface area (Å²) in [7, 11) is 1.66. The van der Waals surface area contributed by atoms with E-state index in [9.17, 15) is 5.21 Å². The Hall–Kier alpha value is -0.770. The van der Waals surface area contributed by atoms with Gasteiger partial charge in [0.05, 0.1) is 12.7 Å². The number of hydrogen-bond acceptors (Lipinski definition) is 2. The van der Waals surface area contributed by atoms with Crippen LogP contribution in [0, 0.1) is 0 Å². The number of methoxy groups -OCH3 is 1. The fraction of sp³-hybridized carbons (Fsp3) is 0.500. The summed E-state index contributed by atoms with van der Waals surface area (Å²) in [6, 6.07) is 0.